The number of pyridine rings is 1. The second kappa shape index (κ2) is 10.1. The molecule has 3 heterocycles. The van der Waals surface area contributed by atoms with Crippen LogP contribution in [0, 0.1) is 19.7 Å². The number of aromatic nitrogens is 4. The van der Waals surface area contributed by atoms with Crippen molar-refractivity contribution in [3.05, 3.63) is 82.0 Å². The van der Waals surface area contributed by atoms with E-state index in [4.69, 9.17) is 4.98 Å². The van der Waals surface area contributed by atoms with Crippen molar-refractivity contribution in [1.82, 2.24) is 19.7 Å². The maximum absolute atomic E-state index is 14.6. The van der Waals surface area contributed by atoms with E-state index >= 15 is 0 Å². The van der Waals surface area contributed by atoms with Crippen LogP contribution in [0.15, 0.2) is 59.1 Å². The number of hydrogen-bond donors (Lipinski definition) is 0. The molecule has 0 aliphatic rings. The molecule has 38 heavy (non-hydrogen) atoms. The minimum atomic E-state index is -4.75. The van der Waals surface area contributed by atoms with E-state index in [0.717, 1.165) is 56.0 Å². The summed E-state index contributed by atoms with van der Waals surface area (Å²) in [6.07, 6.45) is -4.75. The molecule has 4 nitrogen and oxygen atoms in total. The van der Waals surface area contributed by atoms with Crippen LogP contribution in [0.25, 0.3) is 32.9 Å². The van der Waals surface area contributed by atoms with Gasteiger partial charge in [0.15, 0.2) is 11.0 Å². The van der Waals surface area contributed by atoms with Crippen LogP contribution in [0.4, 0.5) is 17.6 Å². The van der Waals surface area contributed by atoms with Gasteiger partial charge in [-0.25, -0.2) is 9.37 Å². The average molecular weight is 557 g/mol. The molecule has 0 radical (unpaired) electrons. The maximum Gasteiger partial charge on any atom is 0.419 e. The zero-order valence-electron chi connectivity index (χ0n) is 21.1. The lowest BCUT2D eigenvalue weighted by Crippen LogP contribution is -2.10. The summed E-state index contributed by atoms with van der Waals surface area (Å²) in [5, 5.41) is 12.3. The molecule has 0 aliphatic heterocycles. The fourth-order valence-corrected chi connectivity index (χ4v) is 6.03. The predicted octanol–water partition coefficient (Wildman–Crippen LogP) is 8.87. The average Bonchev–Trinajstić information content (AvgIpc) is 3.53. The highest BCUT2D eigenvalue weighted by atomic mass is 32.2. The molecule has 0 saturated carbocycles. The summed E-state index contributed by atoms with van der Waals surface area (Å²) in [7, 11) is 0. The molecular weight excluding hydrogens is 532 g/mol. The Kier molecular flexibility index (Phi) is 7.04. The quantitative estimate of drug-likeness (QED) is 0.155. The summed E-state index contributed by atoms with van der Waals surface area (Å²) in [5.41, 5.74) is 3.47. The van der Waals surface area contributed by atoms with Crippen LogP contribution in [0.1, 0.15) is 42.1 Å². The van der Waals surface area contributed by atoms with Gasteiger partial charge in [0, 0.05) is 22.7 Å². The number of nitrogens with zero attached hydrogens (tertiary/aromatic N) is 4. The molecule has 10 heteroatoms. The van der Waals surface area contributed by atoms with Crippen LogP contribution in [-0.2, 0) is 11.9 Å². The highest BCUT2D eigenvalue weighted by Gasteiger charge is 2.34. The van der Waals surface area contributed by atoms with Crippen molar-refractivity contribution in [2.24, 2.45) is 0 Å². The zero-order chi connectivity index (χ0) is 27.2. The van der Waals surface area contributed by atoms with Gasteiger partial charge in [-0.15, -0.1) is 21.5 Å². The minimum absolute atomic E-state index is 0.0174. The first-order valence-electron chi connectivity index (χ1n) is 11.9. The van der Waals surface area contributed by atoms with E-state index in [1.807, 2.05) is 55.8 Å². The molecule has 0 unspecified atom stereocenters. The van der Waals surface area contributed by atoms with E-state index in [-0.39, 0.29) is 17.4 Å². The Labute approximate surface area is 225 Å². The van der Waals surface area contributed by atoms with Crippen molar-refractivity contribution in [2.45, 2.75) is 50.8 Å². The third-order valence-electron chi connectivity index (χ3n) is 6.36. The molecule has 5 rings (SSSR count). The second-order valence-corrected chi connectivity index (χ2v) is 11.2. The number of fused-ring (bicyclic) bond motifs is 1. The van der Waals surface area contributed by atoms with Gasteiger partial charge < -0.3 is 0 Å². The number of thiophene rings is 1. The first-order valence-corrected chi connectivity index (χ1v) is 13.8. The Hall–Kier alpha value is -3.24. The smallest absolute Gasteiger partial charge is 0.299 e. The van der Waals surface area contributed by atoms with Crippen LogP contribution < -0.4 is 0 Å². The van der Waals surface area contributed by atoms with Crippen LogP contribution >= 0.6 is 23.1 Å². The topological polar surface area (TPSA) is 43.6 Å². The number of halogens is 4. The van der Waals surface area contributed by atoms with Gasteiger partial charge in [-0.05, 0) is 80.1 Å². The van der Waals surface area contributed by atoms with Gasteiger partial charge in [-0.1, -0.05) is 30.0 Å². The molecule has 3 aromatic heterocycles. The van der Waals surface area contributed by atoms with E-state index in [2.05, 4.69) is 22.3 Å². The number of rotatable bonds is 6. The molecule has 196 valence electrons. The molecule has 5 aromatic rings. The van der Waals surface area contributed by atoms with Gasteiger partial charge >= 0.3 is 6.18 Å². The summed E-state index contributed by atoms with van der Waals surface area (Å²) in [6.45, 7) is 8.07. The molecular formula is C28H24F4N4S2. The molecule has 0 atom stereocenters. The van der Waals surface area contributed by atoms with E-state index in [0.29, 0.717) is 11.0 Å². The van der Waals surface area contributed by atoms with Gasteiger partial charge in [-0.3, -0.25) is 4.57 Å². The molecule has 0 saturated heterocycles. The Morgan fingerprint density at radius 2 is 1.76 bits per heavy atom. The maximum atomic E-state index is 14.6. The van der Waals surface area contributed by atoms with Crippen LogP contribution in [0.5, 0.6) is 0 Å². The molecule has 0 aliphatic carbocycles. The van der Waals surface area contributed by atoms with Gasteiger partial charge in [0.05, 0.1) is 21.7 Å². The van der Waals surface area contributed by atoms with E-state index in [9.17, 15) is 17.6 Å². The molecule has 2 aromatic carbocycles. The van der Waals surface area contributed by atoms with Crippen LogP contribution in [0.3, 0.4) is 0 Å². The zero-order valence-corrected chi connectivity index (χ0v) is 22.7. The van der Waals surface area contributed by atoms with Gasteiger partial charge in [-0.2, -0.15) is 13.2 Å². The van der Waals surface area contributed by atoms with E-state index in [1.54, 1.807) is 11.3 Å². The van der Waals surface area contributed by atoms with Crippen molar-refractivity contribution in [1.29, 1.82) is 0 Å². The molecule has 0 amide bonds. The Morgan fingerprint density at radius 3 is 2.45 bits per heavy atom. The largest absolute Gasteiger partial charge is 0.419 e. The van der Waals surface area contributed by atoms with Gasteiger partial charge in [0.25, 0.3) is 0 Å². The van der Waals surface area contributed by atoms with Gasteiger partial charge in [0.2, 0.25) is 0 Å². The van der Waals surface area contributed by atoms with Crippen molar-refractivity contribution in [3.8, 4) is 22.0 Å². The van der Waals surface area contributed by atoms with Gasteiger partial charge in [0.1, 0.15) is 5.82 Å². The van der Waals surface area contributed by atoms with Crippen molar-refractivity contribution in [3.63, 3.8) is 0 Å². The number of alkyl halides is 3. The van der Waals surface area contributed by atoms with Crippen LogP contribution in [-0.4, -0.2) is 19.7 Å². The summed E-state index contributed by atoms with van der Waals surface area (Å²) in [4.78, 5) is 5.94. The second-order valence-electron chi connectivity index (χ2n) is 9.32. The fourth-order valence-electron chi connectivity index (χ4n) is 4.30. The Balaban J connectivity index is 1.60. The summed E-state index contributed by atoms with van der Waals surface area (Å²) >= 11 is 2.76. The summed E-state index contributed by atoms with van der Waals surface area (Å²) in [5.74, 6) is -0.647. The molecule has 0 bridgehead atoms. The number of thioether (sulfide) groups is 1. The van der Waals surface area contributed by atoms with Crippen molar-refractivity contribution >= 4 is 34.0 Å². The highest BCUT2D eigenvalue weighted by molar-refractivity contribution is 7.98. The van der Waals surface area contributed by atoms with Crippen molar-refractivity contribution in [2.75, 3.05) is 0 Å². The minimum Gasteiger partial charge on any atom is -0.299 e. The Bertz CT molecular complexity index is 1620. The summed E-state index contributed by atoms with van der Waals surface area (Å²) in [6, 6.07) is 13.4. The van der Waals surface area contributed by atoms with Crippen LogP contribution in [0.2, 0.25) is 0 Å². The van der Waals surface area contributed by atoms with E-state index in [1.165, 1.54) is 12.1 Å². The third kappa shape index (κ3) is 4.94. The first-order chi connectivity index (χ1) is 18.0. The molecule has 0 N–H and O–H groups in total. The number of benzene rings is 2. The number of aryl methyl sites for hydroxylation is 2. The third-order valence-corrected chi connectivity index (χ3v) is 8.24. The lowest BCUT2D eigenvalue weighted by molar-refractivity contribution is -0.140. The fraction of sp³-hybridized carbons (Fsp3) is 0.250. The Morgan fingerprint density at radius 1 is 1.00 bits per heavy atom. The summed E-state index contributed by atoms with van der Waals surface area (Å²) < 4.78 is 56.2. The molecule has 0 fully saturated rings. The standard InChI is InChI=1S/C28H24F4N4S2/c1-15(2)36-26(34-35-27(36)38-14-18-7-5-8-21(25(18)29)28(30,31)32)20-13-23(24-9-6-10-37-24)33-22-12-17(4)16(3)11-19(20)22/h5-13,15H,14H2,1-4H3. The first kappa shape index (κ1) is 26.4. The SMILES string of the molecule is Cc1cc2nc(-c3cccs3)cc(-c3nnc(SCc4cccc(C(F)(F)F)c4F)n3C(C)C)c2cc1C. The lowest BCUT2D eigenvalue weighted by atomic mass is 10.0. The lowest BCUT2D eigenvalue weighted by Gasteiger charge is -2.16. The predicted molar refractivity (Wildman–Crippen MR) is 145 cm³/mol. The number of hydrogen-bond acceptors (Lipinski definition) is 5. The normalized spacial score (nSPS) is 12.1. The molecule has 0 spiro atoms. The highest BCUT2D eigenvalue weighted by Crippen LogP contribution is 2.38. The van der Waals surface area contributed by atoms with E-state index < -0.39 is 17.6 Å². The monoisotopic (exact) mass is 556 g/mol. The van der Waals surface area contributed by atoms with Crippen molar-refractivity contribution < 1.29 is 17.6 Å².